The second-order valence-corrected chi connectivity index (χ2v) is 8.83. The number of aryl methyl sites for hydroxylation is 1. The number of carbonyl (C=O) groups is 1. The third-order valence-corrected chi connectivity index (χ3v) is 5.77. The van der Waals surface area contributed by atoms with Gasteiger partial charge in [-0.3, -0.25) is 4.79 Å². The van der Waals surface area contributed by atoms with Gasteiger partial charge in [0.2, 0.25) is 0 Å². The van der Waals surface area contributed by atoms with E-state index in [-0.39, 0.29) is 44.4 Å². The molecular formula is C27H16F9N5O. The van der Waals surface area contributed by atoms with Crippen LogP contribution in [0.25, 0.3) is 11.1 Å². The molecule has 0 aliphatic rings. The maximum absolute atomic E-state index is 13.2. The molecule has 2 aromatic carbocycles. The van der Waals surface area contributed by atoms with Crippen LogP contribution in [0.4, 0.5) is 51.0 Å². The minimum absolute atomic E-state index is 0.0500. The second-order valence-electron chi connectivity index (χ2n) is 8.83. The van der Waals surface area contributed by atoms with Gasteiger partial charge in [0.15, 0.2) is 0 Å². The lowest BCUT2D eigenvalue weighted by Crippen LogP contribution is -2.16. The number of anilines is 2. The number of alkyl halides is 9. The van der Waals surface area contributed by atoms with Gasteiger partial charge in [-0.05, 0) is 48.9 Å². The summed E-state index contributed by atoms with van der Waals surface area (Å²) in [5, 5.41) is 5.30. The summed E-state index contributed by atoms with van der Waals surface area (Å²) in [4.78, 5) is 16.7. The molecular weight excluding hydrogens is 581 g/mol. The van der Waals surface area contributed by atoms with Crippen molar-refractivity contribution < 1.29 is 44.3 Å². The minimum Gasteiger partial charge on any atom is -0.383 e. The lowest BCUT2D eigenvalue weighted by Gasteiger charge is -2.15. The molecule has 0 aliphatic carbocycles. The standard InChI is InChI=1S/C27H16F9N5O/c1-14-2-3-17(24(42)40-22-9-20(25(28,29)30)8-21(10-22)26(31,32)33)6-15(14)4-5-16-7-18(11-38-23(16)37)19-12-39-41(13-19)27(34,35)36/h2-3,6-13H,1H3,(H2,37,38)(H,40,42). The van der Waals surface area contributed by atoms with Crippen LogP contribution >= 0.6 is 0 Å². The van der Waals surface area contributed by atoms with Crippen molar-refractivity contribution in [3.05, 3.63) is 94.4 Å². The number of halogens is 9. The molecule has 15 heteroatoms. The zero-order valence-corrected chi connectivity index (χ0v) is 21.0. The highest BCUT2D eigenvalue weighted by Crippen LogP contribution is 2.37. The summed E-state index contributed by atoms with van der Waals surface area (Å²) < 4.78 is 117. The monoisotopic (exact) mass is 597 g/mol. The lowest BCUT2D eigenvalue weighted by molar-refractivity contribution is -0.212. The Morgan fingerprint density at radius 2 is 1.45 bits per heavy atom. The summed E-state index contributed by atoms with van der Waals surface area (Å²) in [6.07, 6.45) is -12.0. The van der Waals surface area contributed by atoms with Gasteiger partial charge in [-0.1, -0.05) is 17.9 Å². The zero-order valence-electron chi connectivity index (χ0n) is 21.0. The fourth-order valence-corrected chi connectivity index (χ4v) is 3.61. The Labute approximate surface area is 231 Å². The number of nitrogens with one attached hydrogen (secondary N) is 1. The SMILES string of the molecule is Cc1ccc(C(=O)Nc2cc(C(F)(F)F)cc(C(F)(F)F)c2)cc1C#Cc1cc(-c2cnn(C(F)(F)F)c2)cnc1N. The summed E-state index contributed by atoms with van der Waals surface area (Å²) in [6.45, 7) is 1.62. The van der Waals surface area contributed by atoms with Crippen LogP contribution in [-0.4, -0.2) is 20.7 Å². The summed E-state index contributed by atoms with van der Waals surface area (Å²) in [7, 11) is 0. The van der Waals surface area contributed by atoms with Crippen LogP contribution in [0.2, 0.25) is 0 Å². The number of hydrogen-bond donors (Lipinski definition) is 2. The first-order chi connectivity index (χ1) is 19.4. The van der Waals surface area contributed by atoms with Gasteiger partial charge in [0.1, 0.15) is 5.82 Å². The second kappa shape index (κ2) is 10.8. The third kappa shape index (κ3) is 6.82. The lowest BCUT2D eigenvalue weighted by atomic mass is 10.0. The average molecular weight is 597 g/mol. The number of aromatic nitrogens is 3. The van der Waals surface area contributed by atoms with E-state index in [1.807, 2.05) is 5.32 Å². The zero-order chi connectivity index (χ0) is 31.0. The van der Waals surface area contributed by atoms with Gasteiger partial charge in [-0.2, -0.15) is 36.1 Å². The maximum atomic E-state index is 13.2. The molecule has 0 aliphatic heterocycles. The van der Waals surface area contributed by atoms with Crippen LogP contribution in [0, 0.1) is 18.8 Å². The first-order valence-electron chi connectivity index (χ1n) is 11.5. The van der Waals surface area contributed by atoms with Crippen molar-refractivity contribution in [2.24, 2.45) is 0 Å². The molecule has 218 valence electrons. The first kappa shape index (κ1) is 30.0. The predicted octanol–water partition coefficient (Wildman–Crippen LogP) is 7.00. The van der Waals surface area contributed by atoms with Crippen LogP contribution < -0.4 is 11.1 Å². The first-order valence-corrected chi connectivity index (χ1v) is 11.5. The molecule has 3 N–H and O–H groups in total. The van der Waals surface area contributed by atoms with Crippen LogP contribution in [0.1, 0.15) is 38.2 Å². The Morgan fingerprint density at radius 3 is 2.02 bits per heavy atom. The van der Waals surface area contributed by atoms with Gasteiger partial charge in [0, 0.05) is 40.3 Å². The number of carbonyl (C=O) groups excluding carboxylic acids is 1. The summed E-state index contributed by atoms with van der Waals surface area (Å²) in [5.74, 6) is 4.41. The Bertz CT molecular complexity index is 1690. The number of nitrogens with zero attached hydrogens (tertiary/aromatic N) is 3. The summed E-state index contributed by atoms with van der Waals surface area (Å²) in [5.41, 5.74) is 3.05. The maximum Gasteiger partial charge on any atom is 0.504 e. The molecule has 0 bridgehead atoms. The molecule has 0 saturated carbocycles. The van der Waals surface area contributed by atoms with E-state index in [9.17, 15) is 44.3 Å². The van der Waals surface area contributed by atoms with Gasteiger partial charge < -0.3 is 11.1 Å². The van der Waals surface area contributed by atoms with Crippen LogP contribution in [0.15, 0.2) is 61.1 Å². The van der Waals surface area contributed by atoms with Crippen molar-refractivity contribution >= 4 is 17.4 Å². The molecule has 0 atom stereocenters. The molecule has 0 unspecified atom stereocenters. The van der Waals surface area contributed by atoms with Crippen molar-refractivity contribution in [2.45, 2.75) is 25.6 Å². The fraction of sp³-hybridized carbons (Fsp3) is 0.148. The number of rotatable bonds is 3. The number of nitrogens with two attached hydrogens (primary N) is 1. The van der Waals surface area contributed by atoms with Gasteiger partial charge in [0.05, 0.1) is 22.9 Å². The topological polar surface area (TPSA) is 85.8 Å². The Hall–Kier alpha value is -5.00. The van der Waals surface area contributed by atoms with E-state index in [0.29, 0.717) is 17.7 Å². The smallest absolute Gasteiger partial charge is 0.383 e. The predicted molar refractivity (Wildman–Crippen MR) is 133 cm³/mol. The highest BCUT2D eigenvalue weighted by atomic mass is 19.4. The van der Waals surface area contributed by atoms with Crippen molar-refractivity contribution in [3.63, 3.8) is 0 Å². The van der Waals surface area contributed by atoms with Crippen LogP contribution in [-0.2, 0) is 18.7 Å². The highest BCUT2D eigenvalue weighted by molar-refractivity contribution is 6.04. The highest BCUT2D eigenvalue weighted by Gasteiger charge is 2.37. The van der Waals surface area contributed by atoms with Gasteiger partial charge in [-0.15, -0.1) is 13.2 Å². The molecule has 4 rings (SSSR count). The Morgan fingerprint density at radius 1 is 0.833 bits per heavy atom. The normalized spacial score (nSPS) is 12.0. The van der Waals surface area contributed by atoms with Gasteiger partial charge in [0.25, 0.3) is 5.91 Å². The van der Waals surface area contributed by atoms with E-state index in [0.717, 1.165) is 12.4 Å². The molecule has 42 heavy (non-hydrogen) atoms. The average Bonchev–Trinajstić information content (AvgIpc) is 3.39. The number of pyridine rings is 1. The molecule has 0 saturated heterocycles. The quantitative estimate of drug-likeness (QED) is 0.197. The molecule has 6 nitrogen and oxygen atoms in total. The van der Waals surface area contributed by atoms with Crippen molar-refractivity contribution in [3.8, 4) is 23.0 Å². The Balaban J connectivity index is 1.63. The molecule has 2 aromatic heterocycles. The third-order valence-electron chi connectivity index (χ3n) is 5.77. The van der Waals surface area contributed by atoms with E-state index in [2.05, 4.69) is 21.9 Å². The molecule has 1 amide bonds. The summed E-state index contributed by atoms with van der Waals surface area (Å²) in [6, 6.07) is 6.08. The largest absolute Gasteiger partial charge is 0.504 e. The minimum atomic E-state index is -5.10. The summed E-state index contributed by atoms with van der Waals surface area (Å²) >= 11 is 0. The molecule has 0 fully saturated rings. The van der Waals surface area contributed by atoms with E-state index in [4.69, 9.17) is 5.73 Å². The molecule has 4 aromatic rings. The van der Waals surface area contributed by atoms with Crippen molar-refractivity contribution in [1.29, 1.82) is 0 Å². The number of benzene rings is 2. The van der Waals surface area contributed by atoms with E-state index < -0.39 is 41.4 Å². The molecule has 0 spiro atoms. The molecule has 2 heterocycles. The Kier molecular flexibility index (Phi) is 7.68. The van der Waals surface area contributed by atoms with E-state index in [1.165, 1.54) is 30.5 Å². The van der Waals surface area contributed by atoms with Gasteiger partial charge >= 0.3 is 18.7 Å². The number of nitrogen functional groups attached to an aromatic ring is 1. The van der Waals surface area contributed by atoms with Crippen molar-refractivity contribution in [1.82, 2.24) is 14.8 Å². The molecule has 0 radical (unpaired) electrons. The number of hydrogen-bond acceptors (Lipinski definition) is 4. The van der Waals surface area contributed by atoms with Crippen LogP contribution in [0.5, 0.6) is 0 Å². The van der Waals surface area contributed by atoms with Crippen LogP contribution in [0.3, 0.4) is 0 Å². The van der Waals surface area contributed by atoms with E-state index in [1.54, 1.807) is 6.92 Å². The number of amides is 1. The van der Waals surface area contributed by atoms with E-state index >= 15 is 0 Å². The van der Waals surface area contributed by atoms with Crippen molar-refractivity contribution in [2.75, 3.05) is 11.1 Å². The van der Waals surface area contributed by atoms with Gasteiger partial charge in [-0.25, -0.2) is 4.98 Å². The fourth-order valence-electron chi connectivity index (χ4n) is 3.61.